The number of amides is 1. The number of carbonyl (C=O) groups excluding carboxylic acids is 1. The second-order valence-electron chi connectivity index (χ2n) is 9.16. The summed E-state index contributed by atoms with van der Waals surface area (Å²) in [5.41, 5.74) is 5.45. The van der Waals surface area contributed by atoms with Crippen molar-refractivity contribution in [1.29, 1.82) is 5.26 Å². The van der Waals surface area contributed by atoms with Gasteiger partial charge in [-0.3, -0.25) is 9.69 Å². The van der Waals surface area contributed by atoms with Crippen molar-refractivity contribution in [1.82, 2.24) is 10.2 Å². The number of hydrogen-bond acceptors (Lipinski definition) is 4. The van der Waals surface area contributed by atoms with Gasteiger partial charge in [-0.25, -0.2) is 0 Å². The van der Waals surface area contributed by atoms with Crippen LogP contribution >= 0.6 is 0 Å². The van der Waals surface area contributed by atoms with Crippen molar-refractivity contribution >= 4 is 5.91 Å². The molecule has 3 fully saturated rings. The number of carbonyl (C=O) groups is 1. The van der Waals surface area contributed by atoms with Crippen LogP contribution in [0, 0.1) is 23.2 Å². The summed E-state index contributed by atoms with van der Waals surface area (Å²) >= 11 is 0. The zero-order chi connectivity index (χ0) is 18.6. The van der Waals surface area contributed by atoms with E-state index in [0.717, 1.165) is 25.3 Å². The van der Waals surface area contributed by atoms with E-state index in [1.165, 1.54) is 57.8 Å². The number of hydrogen-bond donors (Lipinski definition) is 2. The Kier molecular flexibility index (Phi) is 6.58. The molecule has 1 aliphatic heterocycles. The highest BCUT2D eigenvalue weighted by molar-refractivity contribution is 5.82. The van der Waals surface area contributed by atoms with Gasteiger partial charge in [0.25, 0.3) is 0 Å². The topological polar surface area (TPSA) is 82.2 Å². The van der Waals surface area contributed by atoms with E-state index in [-0.39, 0.29) is 5.91 Å². The summed E-state index contributed by atoms with van der Waals surface area (Å²) in [4.78, 5) is 15.1. The fraction of sp³-hybridized carbons (Fsp3) is 0.905. The fourth-order valence-corrected chi connectivity index (χ4v) is 5.20. The van der Waals surface area contributed by atoms with E-state index < -0.39 is 11.6 Å². The van der Waals surface area contributed by atoms with Crippen LogP contribution in [-0.2, 0) is 4.79 Å². The highest BCUT2D eigenvalue weighted by atomic mass is 16.2. The highest BCUT2D eigenvalue weighted by Gasteiger charge is 2.43. The molecule has 2 aliphatic carbocycles. The van der Waals surface area contributed by atoms with Gasteiger partial charge in [0.1, 0.15) is 5.54 Å². The Balaban J connectivity index is 1.51. The number of nitrogens with one attached hydrogen (secondary N) is 1. The first-order valence-electron chi connectivity index (χ1n) is 10.7. The number of nitriles is 1. The Morgan fingerprint density at radius 2 is 1.92 bits per heavy atom. The number of nitrogens with two attached hydrogens (primary N) is 1. The van der Waals surface area contributed by atoms with E-state index in [1.54, 1.807) is 0 Å². The maximum absolute atomic E-state index is 12.7. The van der Waals surface area contributed by atoms with Gasteiger partial charge in [0.05, 0.1) is 12.1 Å². The SMILES string of the molecule is CC1CCC(N2CCC(C#N)(NC(=O)C(N)CC3CCCCC3)C2)CC1. The molecule has 3 aliphatic rings. The van der Waals surface area contributed by atoms with Gasteiger partial charge in [0.2, 0.25) is 5.91 Å². The summed E-state index contributed by atoms with van der Waals surface area (Å²) in [5, 5.41) is 12.8. The smallest absolute Gasteiger partial charge is 0.238 e. The third kappa shape index (κ3) is 4.78. The average molecular weight is 361 g/mol. The maximum Gasteiger partial charge on any atom is 0.238 e. The van der Waals surface area contributed by atoms with Crippen LogP contribution in [0.2, 0.25) is 0 Å². The molecule has 146 valence electrons. The first-order chi connectivity index (χ1) is 12.5. The van der Waals surface area contributed by atoms with Crippen molar-refractivity contribution in [2.75, 3.05) is 13.1 Å². The largest absolute Gasteiger partial charge is 0.335 e. The predicted octanol–water partition coefficient (Wildman–Crippen LogP) is 2.95. The normalized spacial score (nSPS) is 35.0. The quantitative estimate of drug-likeness (QED) is 0.790. The molecule has 2 unspecified atom stereocenters. The van der Waals surface area contributed by atoms with E-state index >= 15 is 0 Å². The van der Waals surface area contributed by atoms with Gasteiger partial charge in [-0.1, -0.05) is 39.0 Å². The van der Waals surface area contributed by atoms with Crippen molar-refractivity contribution in [2.45, 2.75) is 95.2 Å². The van der Waals surface area contributed by atoms with E-state index in [2.05, 4.69) is 23.2 Å². The maximum atomic E-state index is 12.7. The Labute approximate surface area is 158 Å². The standard InChI is InChI=1S/C21H36N4O/c1-16-7-9-18(10-8-16)25-12-11-21(14-22,15-25)24-20(26)19(23)13-17-5-3-2-4-6-17/h16-19H,2-13,15,23H2,1H3,(H,24,26). The van der Waals surface area contributed by atoms with Crippen molar-refractivity contribution < 1.29 is 4.79 Å². The molecule has 0 radical (unpaired) electrons. The lowest BCUT2D eigenvalue weighted by atomic mass is 9.84. The lowest BCUT2D eigenvalue weighted by Gasteiger charge is -2.34. The molecule has 1 heterocycles. The van der Waals surface area contributed by atoms with Gasteiger partial charge in [0.15, 0.2) is 0 Å². The highest BCUT2D eigenvalue weighted by Crippen LogP contribution is 2.32. The Morgan fingerprint density at radius 3 is 2.58 bits per heavy atom. The third-order valence-electron chi connectivity index (χ3n) is 7.03. The first kappa shape index (κ1) is 19.6. The fourth-order valence-electron chi connectivity index (χ4n) is 5.20. The van der Waals surface area contributed by atoms with Gasteiger partial charge in [0, 0.05) is 19.1 Å². The second-order valence-corrected chi connectivity index (χ2v) is 9.16. The number of likely N-dealkylation sites (tertiary alicyclic amines) is 1. The van der Waals surface area contributed by atoms with Gasteiger partial charge in [-0.15, -0.1) is 0 Å². The van der Waals surface area contributed by atoms with E-state index in [0.29, 0.717) is 18.5 Å². The second kappa shape index (κ2) is 8.71. The molecule has 1 amide bonds. The van der Waals surface area contributed by atoms with Gasteiger partial charge < -0.3 is 11.1 Å². The molecule has 5 nitrogen and oxygen atoms in total. The molecule has 2 atom stereocenters. The molecule has 3 rings (SSSR count). The third-order valence-corrected chi connectivity index (χ3v) is 7.03. The molecule has 0 spiro atoms. The molecule has 1 saturated heterocycles. The van der Waals surface area contributed by atoms with Crippen molar-refractivity contribution in [3.05, 3.63) is 0 Å². The summed E-state index contributed by atoms with van der Waals surface area (Å²) in [5.74, 6) is 1.27. The first-order valence-corrected chi connectivity index (χ1v) is 10.7. The van der Waals surface area contributed by atoms with Crippen LogP contribution in [0.25, 0.3) is 0 Å². The Bertz CT molecular complexity index is 517. The molecule has 0 bridgehead atoms. The van der Waals surface area contributed by atoms with Crippen molar-refractivity contribution in [3.8, 4) is 6.07 Å². The summed E-state index contributed by atoms with van der Waals surface area (Å²) in [6, 6.07) is 2.51. The molecular formula is C21H36N4O. The minimum atomic E-state index is -0.746. The summed E-state index contributed by atoms with van der Waals surface area (Å²) in [7, 11) is 0. The lowest BCUT2D eigenvalue weighted by molar-refractivity contribution is -0.124. The van der Waals surface area contributed by atoms with Gasteiger partial charge >= 0.3 is 0 Å². The van der Waals surface area contributed by atoms with Crippen LogP contribution in [0.3, 0.4) is 0 Å². The minimum Gasteiger partial charge on any atom is -0.335 e. The van der Waals surface area contributed by atoms with E-state index in [1.807, 2.05) is 0 Å². The zero-order valence-corrected chi connectivity index (χ0v) is 16.4. The molecular weight excluding hydrogens is 324 g/mol. The molecule has 0 aromatic heterocycles. The van der Waals surface area contributed by atoms with Crippen LogP contribution in [0.1, 0.15) is 77.6 Å². The Morgan fingerprint density at radius 1 is 1.23 bits per heavy atom. The monoisotopic (exact) mass is 360 g/mol. The predicted molar refractivity (Wildman–Crippen MR) is 103 cm³/mol. The van der Waals surface area contributed by atoms with E-state index in [4.69, 9.17) is 5.73 Å². The minimum absolute atomic E-state index is 0.128. The zero-order valence-electron chi connectivity index (χ0n) is 16.4. The van der Waals surface area contributed by atoms with E-state index in [9.17, 15) is 10.1 Å². The molecule has 5 heteroatoms. The van der Waals surface area contributed by atoms with Crippen LogP contribution < -0.4 is 11.1 Å². The molecule has 26 heavy (non-hydrogen) atoms. The summed E-state index contributed by atoms with van der Waals surface area (Å²) in [6.45, 7) is 3.89. The molecule has 0 aromatic carbocycles. The average Bonchev–Trinajstić information content (AvgIpc) is 3.07. The Hall–Kier alpha value is -1.12. The molecule has 2 saturated carbocycles. The van der Waals surface area contributed by atoms with Crippen LogP contribution in [0.4, 0.5) is 0 Å². The lowest BCUT2D eigenvalue weighted by Crippen LogP contribution is -2.55. The molecule has 0 aromatic rings. The number of nitrogens with zero attached hydrogens (tertiary/aromatic N) is 2. The van der Waals surface area contributed by atoms with Gasteiger partial charge in [-0.2, -0.15) is 5.26 Å². The van der Waals surface area contributed by atoms with Crippen LogP contribution in [-0.4, -0.2) is 41.5 Å². The van der Waals surface area contributed by atoms with Crippen molar-refractivity contribution in [3.63, 3.8) is 0 Å². The van der Waals surface area contributed by atoms with Crippen LogP contribution in [0.15, 0.2) is 0 Å². The summed E-state index contributed by atoms with van der Waals surface area (Å²) in [6.07, 6.45) is 12.7. The molecule has 3 N–H and O–H groups in total. The van der Waals surface area contributed by atoms with Crippen molar-refractivity contribution in [2.24, 2.45) is 17.6 Å². The summed E-state index contributed by atoms with van der Waals surface area (Å²) < 4.78 is 0. The van der Waals surface area contributed by atoms with Crippen LogP contribution in [0.5, 0.6) is 0 Å². The van der Waals surface area contributed by atoms with Gasteiger partial charge in [-0.05, 0) is 50.4 Å². The number of rotatable bonds is 5.